The van der Waals surface area contributed by atoms with Crippen molar-refractivity contribution >= 4 is 5.91 Å². The maximum absolute atomic E-state index is 11.5. The smallest absolute Gasteiger partial charge is 0.273 e. The van der Waals surface area contributed by atoms with Gasteiger partial charge >= 0.3 is 0 Å². The van der Waals surface area contributed by atoms with Crippen molar-refractivity contribution in [2.45, 2.75) is 39.7 Å². The molecule has 1 aromatic rings. The lowest BCUT2D eigenvalue weighted by Crippen LogP contribution is -2.32. The van der Waals surface area contributed by atoms with Gasteiger partial charge in [-0.2, -0.15) is 15.4 Å². The van der Waals surface area contributed by atoms with Crippen LogP contribution in [0.2, 0.25) is 0 Å². The highest BCUT2D eigenvalue weighted by Crippen LogP contribution is 2.06. The van der Waals surface area contributed by atoms with Crippen molar-refractivity contribution < 1.29 is 4.79 Å². The first-order valence-corrected chi connectivity index (χ1v) is 5.26. The SMILES string of the molecule is CC(C)CCC(C)NC(=O)c1cn[nH]n1. The fourth-order valence-electron chi connectivity index (χ4n) is 1.26. The third kappa shape index (κ3) is 4.10. The van der Waals surface area contributed by atoms with Crippen LogP contribution in [0, 0.1) is 5.92 Å². The van der Waals surface area contributed by atoms with E-state index in [-0.39, 0.29) is 11.9 Å². The fraction of sp³-hybridized carbons (Fsp3) is 0.700. The van der Waals surface area contributed by atoms with Gasteiger partial charge in [-0.05, 0) is 25.7 Å². The average Bonchev–Trinajstić information content (AvgIpc) is 2.67. The summed E-state index contributed by atoms with van der Waals surface area (Å²) in [6.45, 7) is 6.35. The molecule has 1 heterocycles. The number of aromatic nitrogens is 3. The first-order valence-electron chi connectivity index (χ1n) is 5.26. The van der Waals surface area contributed by atoms with Gasteiger partial charge < -0.3 is 5.32 Å². The van der Waals surface area contributed by atoms with E-state index in [4.69, 9.17) is 0 Å². The quantitative estimate of drug-likeness (QED) is 0.770. The molecule has 1 rings (SSSR count). The Bertz CT molecular complexity index is 294. The molecule has 0 spiro atoms. The molecule has 1 atom stereocenters. The second-order valence-corrected chi connectivity index (χ2v) is 4.20. The number of carbonyl (C=O) groups is 1. The lowest BCUT2D eigenvalue weighted by molar-refractivity contribution is 0.0932. The summed E-state index contributed by atoms with van der Waals surface area (Å²) in [5.74, 6) is 0.497. The molecule has 0 aliphatic carbocycles. The van der Waals surface area contributed by atoms with Crippen LogP contribution < -0.4 is 5.32 Å². The second kappa shape index (κ2) is 5.48. The van der Waals surface area contributed by atoms with E-state index in [1.807, 2.05) is 6.92 Å². The molecule has 0 radical (unpaired) electrons. The molecular formula is C10H18N4O. The van der Waals surface area contributed by atoms with Crippen molar-refractivity contribution in [2.75, 3.05) is 0 Å². The van der Waals surface area contributed by atoms with E-state index in [0.717, 1.165) is 12.8 Å². The molecule has 0 aromatic carbocycles. The summed E-state index contributed by atoms with van der Waals surface area (Å²) in [7, 11) is 0. The highest BCUT2D eigenvalue weighted by Gasteiger charge is 2.11. The van der Waals surface area contributed by atoms with Crippen LogP contribution in [-0.2, 0) is 0 Å². The normalized spacial score (nSPS) is 12.8. The molecule has 1 amide bonds. The number of carbonyl (C=O) groups excluding carboxylic acids is 1. The number of aromatic amines is 1. The topological polar surface area (TPSA) is 70.7 Å². The lowest BCUT2D eigenvalue weighted by Gasteiger charge is -2.13. The van der Waals surface area contributed by atoms with Gasteiger partial charge in [-0.3, -0.25) is 4.79 Å². The molecule has 5 nitrogen and oxygen atoms in total. The Morgan fingerprint density at radius 1 is 1.47 bits per heavy atom. The predicted molar refractivity (Wildman–Crippen MR) is 57.4 cm³/mol. The molecule has 2 N–H and O–H groups in total. The fourth-order valence-corrected chi connectivity index (χ4v) is 1.26. The standard InChI is InChI=1S/C10H18N4O/c1-7(2)4-5-8(3)12-10(15)9-6-11-14-13-9/h6-8H,4-5H2,1-3H3,(H,12,15)(H,11,13,14). The van der Waals surface area contributed by atoms with E-state index in [1.165, 1.54) is 6.20 Å². The van der Waals surface area contributed by atoms with Crippen molar-refractivity contribution in [3.05, 3.63) is 11.9 Å². The van der Waals surface area contributed by atoms with Crippen molar-refractivity contribution in [2.24, 2.45) is 5.92 Å². The number of amides is 1. The Labute approximate surface area is 89.6 Å². The van der Waals surface area contributed by atoms with Crippen LogP contribution in [-0.4, -0.2) is 27.4 Å². The summed E-state index contributed by atoms with van der Waals surface area (Å²) >= 11 is 0. The van der Waals surface area contributed by atoms with Gasteiger partial charge in [-0.15, -0.1) is 0 Å². The number of hydrogen-bond acceptors (Lipinski definition) is 3. The van der Waals surface area contributed by atoms with Crippen molar-refractivity contribution in [1.29, 1.82) is 0 Å². The van der Waals surface area contributed by atoms with Crippen LogP contribution >= 0.6 is 0 Å². The maximum Gasteiger partial charge on any atom is 0.273 e. The average molecular weight is 210 g/mol. The molecule has 0 saturated carbocycles. The Morgan fingerprint density at radius 2 is 2.20 bits per heavy atom. The zero-order valence-corrected chi connectivity index (χ0v) is 9.45. The van der Waals surface area contributed by atoms with Crippen LogP contribution in [0.1, 0.15) is 44.1 Å². The minimum Gasteiger partial charge on any atom is -0.348 e. The summed E-state index contributed by atoms with van der Waals surface area (Å²) in [5.41, 5.74) is 0.339. The van der Waals surface area contributed by atoms with Crippen LogP contribution in [0.5, 0.6) is 0 Å². The zero-order chi connectivity index (χ0) is 11.3. The third-order valence-corrected chi connectivity index (χ3v) is 2.20. The molecule has 1 unspecified atom stereocenters. The molecule has 5 heteroatoms. The van der Waals surface area contributed by atoms with Gasteiger partial charge in [0, 0.05) is 6.04 Å². The van der Waals surface area contributed by atoms with E-state index < -0.39 is 0 Å². The molecule has 1 aromatic heterocycles. The highest BCUT2D eigenvalue weighted by atomic mass is 16.2. The predicted octanol–water partition coefficient (Wildman–Crippen LogP) is 1.36. The van der Waals surface area contributed by atoms with Crippen molar-refractivity contribution in [3.8, 4) is 0 Å². The summed E-state index contributed by atoms with van der Waals surface area (Å²) in [5, 5.41) is 12.6. The third-order valence-electron chi connectivity index (χ3n) is 2.20. The minimum absolute atomic E-state index is 0.167. The largest absolute Gasteiger partial charge is 0.348 e. The molecule has 0 aliphatic rings. The van der Waals surface area contributed by atoms with Gasteiger partial charge in [0.2, 0.25) is 0 Å². The van der Waals surface area contributed by atoms with Gasteiger partial charge in [0.15, 0.2) is 5.69 Å². The molecule has 0 aliphatic heterocycles. The van der Waals surface area contributed by atoms with E-state index in [1.54, 1.807) is 0 Å². The summed E-state index contributed by atoms with van der Waals surface area (Å²) in [6.07, 6.45) is 3.52. The van der Waals surface area contributed by atoms with E-state index in [2.05, 4.69) is 34.6 Å². The Balaban J connectivity index is 2.32. The Hall–Kier alpha value is -1.39. The van der Waals surface area contributed by atoms with Gasteiger partial charge in [-0.1, -0.05) is 13.8 Å². The summed E-state index contributed by atoms with van der Waals surface area (Å²) in [4.78, 5) is 11.5. The lowest BCUT2D eigenvalue weighted by atomic mass is 10.0. The van der Waals surface area contributed by atoms with E-state index in [0.29, 0.717) is 11.6 Å². The molecular weight excluding hydrogens is 192 g/mol. The van der Waals surface area contributed by atoms with Gasteiger partial charge in [0.1, 0.15) is 0 Å². The van der Waals surface area contributed by atoms with Gasteiger partial charge in [0.25, 0.3) is 5.91 Å². The Morgan fingerprint density at radius 3 is 2.73 bits per heavy atom. The van der Waals surface area contributed by atoms with Crippen LogP contribution in [0.4, 0.5) is 0 Å². The molecule has 0 fully saturated rings. The van der Waals surface area contributed by atoms with E-state index in [9.17, 15) is 4.79 Å². The number of H-pyrrole nitrogens is 1. The molecule has 0 saturated heterocycles. The molecule has 0 bridgehead atoms. The molecule has 15 heavy (non-hydrogen) atoms. The van der Waals surface area contributed by atoms with Crippen LogP contribution in [0.25, 0.3) is 0 Å². The maximum atomic E-state index is 11.5. The Kier molecular flexibility index (Phi) is 4.27. The number of nitrogens with zero attached hydrogens (tertiary/aromatic N) is 2. The van der Waals surface area contributed by atoms with Gasteiger partial charge in [0.05, 0.1) is 6.20 Å². The second-order valence-electron chi connectivity index (χ2n) is 4.20. The van der Waals surface area contributed by atoms with Gasteiger partial charge in [-0.25, -0.2) is 0 Å². The number of rotatable bonds is 5. The van der Waals surface area contributed by atoms with Crippen molar-refractivity contribution in [1.82, 2.24) is 20.7 Å². The van der Waals surface area contributed by atoms with Crippen LogP contribution in [0.15, 0.2) is 6.20 Å². The highest BCUT2D eigenvalue weighted by molar-refractivity contribution is 5.91. The minimum atomic E-state index is -0.167. The summed E-state index contributed by atoms with van der Waals surface area (Å²) in [6, 6.07) is 0.177. The zero-order valence-electron chi connectivity index (χ0n) is 9.45. The van der Waals surface area contributed by atoms with Crippen molar-refractivity contribution in [3.63, 3.8) is 0 Å². The number of hydrogen-bond donors (Lipinski definition) is 2. The van der Waals surface area contributed by atoms with Crippen LogP contribution in [0.3, 0.4) is 0 Å². The first-order chi connectivity index (χ1) is 7.09. The first kappa shape index (κ1) is 11.7. The molecule has 84 valence electrons. The number of nitrogens with one attached hydrogen (secondary N) is 2. The monoisotopic (exact) mass is 210 g/mol. The summed E-state index contributed by atoms with van der Waals surface area (Å²) < 4.78 is 0. The van der Waals surface area contributed by atoms with E-state index >= 15 is 0 Å².